The number of rotatable bonds is 5. The lowest BCUT2D eigenvalue weighted by molar-refractivity contribution is -0.903. The van der Waals surface area contributed by atoms with E-state index in [1.807, 2.05) is 0 Å². The lowest BCUT2D eigenvalue weighted by atomic mass is 10.2. The molecule has 0 radical (unpaired) electrons. The van der Waals surface area contributed by atoms with E-state index in [0.717, 1.165) is 16.8 Å². The van der Waals surface area contributed by atoms with Crippen LogP contribution in [0.15, 0.2) is 30.3 Å². The predicted octanol–water partition coefficient (Wildman–Crippen LogP) is 2.58. The molecule has 2 heteroatoms. The van der Waals surface area contributed by atoms with Crippen LogP contribution in [0.5, 0.6) is 0 Å². The standard InChI is InChI=1S/C12H19NS/c1-13(2,9-6-10-14)11-12-7-4-3-5-8-12/h3-5,7-8H,6,9-11H2,1-2H3/p+1. The highest BCUT2D eigenvalue weighted by Crippen LogP contribution is 2.09. The summed E-state index contributed by atoms with van der Waals surface area (Å²) >= 11 is 4.25. The van der Waals surface area contributed by atoms with Crippen molar-refractivity contribution < 1.29 is 4.48 Å². The van der Waals surface area contributed by atoms with Crippen LogP contribution >= 0.6 is 12.6 Å². The van der Waals surface area contributed by atoms with Crippen LogP contribution in [0.4, 0.5) is 0 Å². The fourth-order valence-electron chi connectivity index (χ4n) is 1.66. The molecule has 0 aliphatic rings. The van der Waals surface area contributed by atoms with Crippen LogP contribution in [0.1, 0.15) is 12.0 Å². The quantitative estimate of drug-likeness (QED) is 0.560. The number of thiol groups is 1. The first-order valence-electron chi connectivity index (χ1n) is 5.11. The maximum atomic E-state index is 4.25. The highest BCUT2D eigenvalue weighted by molar-refractivity contribution is 7.80. The van der Waals surface area contributed by atoms with E-state index in [9.17, 15) is 0 Å². The summed E-state index contributed by atoms with van der Waals surface area (Å²) in [7, 11) is 4.55. The molecule has 78 valence electrons. The van der Waals surface area contributed by atoms with Gasteiger partial charge in [-0.15, -0.1) is 0 Å². The Labute approximate surface area is 92.7 Å². The zero-order valence-corrected chi connectivity index (χ0v) is 10.0. The summed E-state index contributed by atoms with van der Waals surface area (Å²) in [6.45, 7) is 2.30. The SMILES string of the molecule is C[N+](C)(CCCS)Cc1ccccc1. The molecule has 0 atom stereocenters. The topological polar surface area (TPSA) is 0 Å². The van der Waals surface area contributed by atoms with Gasteiger partial charge in [0, 0.05) is 12.0 Å². The maximum Gasteiger partial charge on any atom is 0.104 e. The van der Waals surface area contributed by atoms with Crippen LogP contribution in [-0.2, 0) is 6.54 Å². The minimum Gasteiger partial charge on any atom is -0.325 e. The Balaban J connectivity index is 2.50. The molecule has 0 N–H and O–H groups in total. The summed E-state index contributed by atoms with van der Waals surface area (Å²) in [5, 5.41) is 0. The number of quaternary nitrogens is 1. The van der Waals surface area contributed by atoms with Gasteiger partial charge in [-0.3, -0.25) is 0 Å². The van der Waals surface area contributed by atoms with Gasteiger partial charge in [-0.2, -0.15) is 12.6 Å². The van der Waals surface area contributed by atoms with Crippen LogP contribution < -0.4 is 0 Å². The highest BCUT2D eigenvalue weighted by atomic mass is 32.1. The van der Waals surface area contributed by atoms with Gasteiger partial charge < -0.3 is 4.48 Å². The predicted molar refractivity (Wildman–Crippen MR) is 65.6 cm³/mol. The first-order chi connectivity index (χ1) is 6.64. The molecular formula is C12H20NS+. The van der Waals surface area contributed by atoms with Crippen LogP contribution in [0.3, 0.4) is 0 Å². The van der Waals surface area contributed by atoms with Crippen molar-refractivity contribution in [3.8, 4) is 0 Å². The van der Waals surface area contributed by atoms with Gasteiger partial charge in [-0.25, -0.2) is 0 Å². The van der Waals surface area contributed by atoms with Crippen LogP contribution in [0.2, 0.25) is 0 Å². The van der Waals surface area contributed by atoms with Crippen molar-refractivity contribution in [1.82, 2.24) is 0 Å². The molecule has 1 aromatic rings. The van der Waals surface area contributed by atoms with Gasteiger partial charge in [0.05, 0.1) is 20.6 Å². The van der Waals surface area contributed by atoms with Gasteiger partial charge in [0.1, 0.15) is 6.54 Å². The Morgan fingerprint density at radius 1 is 1.14 bits per heavy atom. The van der Waals surface area contributed by atoms with E-state index >= 15 is 0 Å². The average molecular weight is 210 g/mol. The van der Waals surface area contributed by atoms with Gasteiger partial charge in [-0.1, -0.05) is 30.3 Å². The summed E-state index contributed by atoms with van der Waals surface area (Å²) in [5.41, 5.74) is 1.41. The molecule has 0 saturated carbocycles. The third-order valence-corrected chi connectivity index (χ3v) is 2.69. The van der Waals surface area contributed by atoms with Crippen LogP contribution in [-0.4, -0.2) is 30.9 Å². The smallest absolute Gasteiger partial charge is 0.104 e. The Morgan fingerprint density at radius 2 is 1.79 bits per heavy atom. The number of benzene rings is 1. The molecule has 0 saturated heterocycles. The molecule has 0 spiro atoms. The lowest BCUT2D eigenvalue weighted by Gasteiger charge is -2.29. The first-order valence-corrected chi connectivity index (χ1v) is 5.74. The molecule has 0 aliphatic carbocycles. The Hall–Kier alpha value is -0.470. The minimum absolute atomic E-state index is 0.983. The van der Waals surface area contributed by atoms with Gasteiger partial charge >= 0.3 is 0 Å². The number of nitrogens with zero attached hydrogens (tertiary/aromatic N) is 1. The van der Waals surface area contributed by atoms with Crippen molar-refractivity contribution in [3.05, 3.63) is 35.9 Å². The molecule has 0 bridgehead atoms. The Morgan fingerprint density at radius 3 is 2.36 bits per heavy atom. The number of hydrogen-bond acceptors (Lipinski definition) is 1. The zero-order chi connectivity index (χ0) is 10.4. The van der Waals surface area contributed by atoms with E-state index in [4.69, 9.17) is 0 Å². The first kappa shape index (κ1) is 11.6. The normalized spacial score (nSPS) is 11.6. The van der Waals surface area contributed by atoms with Crippen molar-refractivity contribution in [1.29, 1.82) is 0 Å². The molecule has 0 unspecified atom stereocenters. The fraction of sp³-hybridized carbons (Fsp3) is 0.500. The molecule has 14 heavy (non-hydrogen) atoms. The molecule has 0 aliphatic heterocycles. The summed E-state index contributed by atoms with van der Waals surface area (Å²) < 4.78 is 1.05. The van der Waals surface area contributed by atoms with Crippen LogP contribution in [0, 0.1) is 0 Å². The second kappa shape index (κ2) is 5.42. The largest absolute Gasteiger partial charge is 0.325 e. The van der Waals surface area contributed by atoms with Crippen LogP contribution in [0.25, 0.3) is 0 Å². The third kappa shape index (κ3) is 4.16. The molecule has 0 fully saturated rings. The summed E-state index contributed by atoms with van der Waals surface area (Å²) in [5.74, 6) is 0.983. The maximum absolute atomic E-state index is 4.25. The van der Waals surface area contributed by atoms with Gasteiger partial charge in [0.15, 0.2) is 0 Å². The van der Waals surface area contributed by atoms with Gasteiger partial charge in [0.2, 0.25) is 0 Å². The van der Waals surface area contributed by atoms with Crippen molar-refractivity contribution in [2.75, 3.05) is 26.4 Å². The molecule has 0 aromatic heterocycles. The summed E-state index contributed by atoms with van der Waals surface area (Å²) in [6.07, 6.45) is 1.18. The number of hydrogen-bond donors (Lipinski definition) is 1. The zero-order valence-electron chi connectivity index (χ0n) is 9.11. The van der Waals surface area contributed by atoms with Crippen molar-refractivity contribution in [2.45, 2.75) is 13.0 Å². The van der Waals surface area contributed by atoms with E-state index in [-0.39, 0.29) is 0 Å². The van der Waals surface area contributed by atoms with E-state index in [2.05, 4.69) is 57.1 Å². The van der Waals surface area contributed by atoms with Gasteiger partial charge in [0.25, 0.3) is 0 Å². The Kier molecular flexibility index (Phi) is 4.49. The van der Waals surface area contributed by atoms with E-state index in [1.165, 1.54) is 18.5 Å². The van der Waals surface area contributed by atoms with Crippen molar-refractivity contribution in [2.24, 2.45) is 0 Å². The average Bonchev–Trinajstić information content (AvgIpc) is 2.16. The second-order valence-electron chi connectivity index (χ2n) is 4.38. The van der Waals surface area contributed by atoms with E-state index in [0.29, 0.717) is 0 Å². The minimum atomic E-state index is 0.983. The lowest BCUT2D eigenvalue weighted by Crippen LogP contribution is -2.39. The molecule has 0 heterocycles. The Bertz CT molecular complexity index is 256. The highest BCUT2D eigenvalue weighted by Gasteiger charge is 2.14. The van der Waals surface area contributed by atoms with E-state index in [1.54, 1.807) is 0 Å². The van der Waals surface area contributed by atoms with Crippen molar-refractivity contribution >= 4 is 12.6 Å². The monoisotopic (exact) mass is 210 g/mol. The molecule has 1 nitrogen and oxygen atoms in total. The van der Waals surface area contributed by atoms with E-state index < -0.39 is 0 Å². The summed E-state index contributed by atoms with van der Waals surface area (Å²) in [4.78, 5) is 0. The third-order valence-electron chi connectivity index (χ3n) is 2.37. The van der Waals surface area contributed by atoms with Crippen molar-refractivity contribution in [3.63, 3.8) is 0 Å². The second-order valence-corrected chi connectivity index (χ2v) is 4.83. The summed E-state index contributed by atoms with van der Waals surface area (Å²) in [6, 6.07) is 10.7. The molecule has 1 aromatic carbocycles. The van der Waals surface area contributed by atoms with Gasteiger partial charge in [-0.05, 0) is 5.75 Å². The molecular weight excluding hydrogens is 190 g/mol. The molecule has 0 amide bonds. The molecule has 1 rings (SSSR count). The fourth-order valence-corrected chi connectivity index (χ4v) is 1.80.